The molecule has 6 nitrogen and oxygen atoms in total. The first-order valence-corrected chi connectivity index (χ1v) is 7.82. The number of anilines is 2. The van der Waals surface area contributed by atoms with E-state index in [2.05, 4.69) is 10.4 Å². The summed E-state index contributed by atoms with van der Waals surface area (Å²) >= 11 is 6.20. The minimum absolute atomic E-state index is 0.0914. The van der Waals surface area contributed by atoms with E-state index in [0.717, 1.165) is 5.69 Å². The summed E-state index contributed by atoms with van der Waals surface area (Å²) in [6.45, 7) is 4.94. The summed E-state index contributed by atoms with van der Waals surface area (Å²) in [4.78, 5) is 14.3. The highest BCUT2D eigenvalue weighted by molar-refractivity contribution is 6.33. The number of halogens is 1. The number of aliphatic hydroxyl groups excluding tert-OH is 1. The largest absolute Gasteiger partial charge is 0.395 e. The number of nitrogens with one attached hydrogen (secondary N) is 1. The molecule has 7 heteroatoms. The molecule has 0 saturated carbocycles. The van der Waals surface area contributed by atoms with Gasteiger partial charge in [0.05, 0.1) is 17.9 Å². The molecular formula is C16H21ClN4O2. The van der Waals surface area contributed by atoms with Crippen LogP contribution in [0.4, 0.5) is 11.4 Å². The van der Waals surface area contributed by atoms with E-state index < -0.39 is 0 Å². The fourth-order valence-electron chi connectivity index (χ4n) is 2.29. The van der Waals surface area contributed by atoms with E-state index in [1.165, 1.54) is 0 Å². The Kier molecular flexibility index (Phi) is 5.63. The molecule has 1 amide bonds. The first kappa shape index (κ1) is 17.3. The average Bonchev–Trinajstić information content (AvgIpc) is 2.82. The molecule has 0 fully saturated rings. The molecule has 124 valence electrons. The van der Waals surface area contributed by atoms with Crippen molar-refractivity contribution in [3.63, 3.8) is 0 Å². The van der Waals surface area contributed by atoms with Crippen LogP contribution in [0.25, 0.3) is 0 Å². The number of hydrogen-bond donors (Lipinski definition) is 2. The summed E-state index contributed by atoms with van der Waals surface area (Å²) in [5.41, 5.74) is 2.64. The summed E-state index contributed by atoms with van der Waals surface area (Å²) in [7, 11) is 1.89. The smallest absolute Gasteiger partial charge is 0.260 e. The Balaban J connectivity index is 2.13. The average molecular weight is 337 g/mol. The number of carbonyl (C=O) groups excluding carboxylic acids is 1. The molecule has 0 bridgehead atoms. The second-order valence-electron chi connectivity index (χ2n) is 5.21. The first-order valence-electron chi connectivity index (χ1n) is 7.44. The van der Waals surface area contributed by atoms with Crippen molar-refractivity contribution in [2.24, 2.45) is 0 Å². The third-order valence-corrected chi connectivity index (χ3v) is 3.98. The molecular weight excluding hydrogens is 316 g/mol. The van der Waals surface area contributed by atoms with Gasteiger partial charge in [0.2, 0.25) is 0 Å². The standard InChI is InChI=1S/C16H21ClN4O2/c1-4-21-15(17)14(11(2)19-21)16(23)18-12-5-7-13(8-6-12)20(3)9-10-22/h5-8,22H,4,9-10H2,1-3H3,(H,18,23). The van der Waals surface area contributed by atoms with Crippen molar-refractivity contribution in [3.8, 4) is 0 Å². The van der Waals surface area contributed by atoms with Crippen LogP contribution in [0.1, 0.15) is 23.0 Å². The summed E-state index contributed by atoms with van der Waals surface area (Å²) in [5.74, 6) is -0.274. The summed E-state index contributed by atoms with van der Waals surface area (Å²) in [6.07, 6.45) is 0. The predicted molar refractivity (Wildman–Crippen MR) is 92.4 cm³/mol. The van der Waals surface area contributed by atoms with Crippen molar-refractivity contribution in [1.82, 2.24) is 9.78 Å². The van der Waals surface area contributed by atoms with Gasteiger partial charge in [-0.05, 0) is 38.1 Å². The topological polar surface area (TPSA) is 70.4 Å². The second-order valence-corrected chi connectivity index (χ2v) is 5.57. The van der Waals surface area contributed by atoms with Gasteiger partial charge in [0.15, 0.2) is 0 Å². The van der Waals surface area contributed by atoms with Gasteiger partial charge in [-0.15, -0.1) is 0 Å². The van der Waals surface area contributed by atoms with Gasteiger partial charge in [-0.25, -0.2) is 0 Å². The molecule has 0 aliphatic carbocycles. The van der Waals surface area contributed by atoms with Gasteiger partial charge >= 0.3 is 0 Å². The summed E-state index contributed by atoms with van der Waals surface area (Å²) in [6, 6.07) is 7.40. The van der Waals surface area contributed by atoms with Crippen molar-refractivity contribution in [3.05, 3.63) is 40.7 Å². The summed E-state index contributed by atoms with van der Waals surface area (Å²) < 4.78 is 1.60. The zero-order valence-corrected chi connectivity index (χ0v) is 14.3. The van der Waals surface area contributed by atoms with Crippen LogP contribution >= 0.6 is 11.6 Å². The van der Waals surface area contributed by atoms with E-state index in [0.29, 0.717) is 35.2 Å². The fraction of sp³-hybridized carbons (Fsp3) is 0.375. The Morgan fingerprint density at radius 2 is 2.04 bits per heavy atom. The lowest BCUT2D eigenvalue weighted by Crippen LogP contribution is -2.21. The number of amides is 1. The molecule has 0 radical (unpaired) electrons. The minimum atomic E-state index is -0.274. The van der Waals surface area contributed by atoms with E-state index in [-0.39, 0.29) is 12.5 Å². The number of aromatic nitrogens is 2. The highest BCUT2D eigenvalue weighted by Gasteiger charge is 2.19. The van der Waals surface area contributed by atoms with Gasteiger partial charge in [0.1, 0.15) is 5.15 Å². The fourth-order valence-corrected chi connectivity index (χ4v) is 2.67. The molecule has 0 spiro atoms. The summed E-state index contributed by atoms with van der Waals surface area (Å²) in [5, 5.41) is 16.4. The molecule has 23 heavy (non-hydrogen) atoms. The van der Waals surface area contributed by atoms with Crippen LogP contribution < -0.4 is 10.2 Å². The minimum Gasteiger partial charge on any atom is -0.395 e. The molecule has 2 N–H and O–H groups in total. The maximum absolute atomic E-state index is 12.4. The van der Waals surface area contributed by atoms with Crippen LogP contribution in [-0.2, 0) is 6.54 Å². The van der Waals surface area contributed by atoms with Crippen molar-refractivity contribution in [2.75, 3.05) is 30.4 Å². The zero-order chi connectivity index (χ0) is 17.0. The molecule has 0 unspecified atom stereocenters. The monoisotopic (exact) mass is 336 g/mol. The van der Waals surface area contributed by atoms with Gasteiger partial charge in [-0.2, -0.15) is 5.10 Å². The van der Waals surface area contributed by atoms with Crippen molar-refractivity contribution in [2.45, 2.75) is 20.4 Å². The van der Waals surface area contributed by atoms with Gasteiger partial charge in [-0.3, -0.25) is 9.48 Å². The molecule has 1 aromatic carbocycles. The number of likely N-dealkylation sites (N-methyl/N-ethyl adjacent to an activating group) is 1. The van der Waals surface area contributed by atoms with Crippen LogP contribution in [-0.4, -0.2) is 41.0 Å². The molecule has 2 rings (SSSR count). The van der Waals surface area contributed by atoms with Crippen LogP contribution in [0.5, 0.6) is 0 Å². The van der Waals surface area contributed by atoms with Crippen LogP contribution in [0.2, 0.25) is 5.15 Å². The van der Waals surface area contributed by atoms with Gasteiger partial charge in [0.25, 0.3) is 5.91 Å². The molecule has 0 aliphatic rings. The Morgan fingerprint density at radius 1 is 1.39 bits per heavy atom. The number of nitrogens with zero attached hydrogens (tertiary/aromatic N) is 3. The van der Waals surface area contributed by atoms with Gasteiger partial charge < -0.3 is 15.3 Å². The zero-order valence-electron chi connectivity index (χ0n) is 13.5. The Labute approximate surface area is 140 Å². The molecule has 0 aliphatic heterocycles. The molecule has 1 aromatic heterocycles. The molecule has 1 heterocycles. The Hall–Kier alpha value is -2.05. The van der Waals surface area contributed by atoms with Crippen molar-refractivity contribution < 1.29 is 9.90 Å². The quantitative estimate of drug-likeness (QED) is 0.850. The number of hydrogen-bond acceptors (Lipinski definition) is 4. The van der Waals surface area contributed by atoms with Crippen molar-refractivity contribution in [1.29, 1.82) is 0 Å². The third-order valence-electron chi connectivity index (χ3n) is 3.59. The Bertz CT molecular complexity index is 682. The predicted octanol–water partition coefficient (Wildman–Crippen LogP) is 2.55. The lowest BCUT2D eigenvalue weighted by atomic mass is 10.2. The Morgan fingerprint density at radius 3 is 2.57 bits per heavy atom. The second kappa shape index (κ2) is 7.48. The van der Waals surface area contributed by atoms with Gasteiger partial charge in [0, 0.05) is 31.5 Å². The van der Waals surface area contributed by atoms with Crippen LogP contribution in [0, 0.1) is 6.92 Å². The highest BCUT2D eigenvalue weighted by Crippen LogP contribution is 2.22. The van der Waals surface area contributed by atoms with E-state index in [1.54, 1.807) is 11.6 Å². The normalized spacial score (nSPS) is 10.7. The van der Waals surface area contributed by atoms with E-state index in [4.69, 9.17) is 16.7 Å². The van der Waals surface area contributed by atoms with E-state index >= 15 is 0 Å². The van der Waals surface area contributed by atoms with E-state index in [9.17, 15) is 4.79 Å². The van der Waals surface area contributed by atoms with Gasteiger partial charge in [-0.1, -0.05) is 11.6 Å². The lowest BCUT2D eigenvalue weighted by Gasteiger charge is -2.18. The number of rotatable bonds is 6. The maximum Gasteiger partial charge on any atom is 0.260 e. The SMILES string of the molecule is CCn1nc(C)c(C(=O)Nc2ccc(N(C)CCO)cc2)c1Cl. The first-order chi connectivity index (χ1) is 11.0. The number of carbonyl (C=O) groups is 1. The third kappa shape index (κ3) is 3.83. The highest BCUT2D eigenvalue weighted by atomic mass is 35.5. The number of aliphatic hydroxyl groups is 1. The molecule has 0 atom stereocenters. The molecule has 2 aromatic rings. The van der Waals surface area contributed by atoms with Crippen LogP contribution in [0.3, 0.4) is 0 Å². The molecule has 0 saturated heterocycles. The van der Waals surface area contributed by atoms with Crippen LogP contribution in [0.15, 0.2) is 24.3 Å². The van der Waals surface area contributed by atoms with Crippen molar-refractivity contribution >= 4 is 28.9 Å². The lowest BCUT2D eigenvalue weighted by molar-refractivity contribution is 0.102. The maximum atomic E-state index is 12.4. The number of benzene rings is 1. The van der Waals surface area contributed by atoms with E-state index in [1.807, 2.05) is 43.1 Å². The number of aryl methyl sites for hydroxylation is 2.